The molecular formula is C21H22ClFN4O3. The summed E-state index contributed by atoms with van der Waals surface area (Å²) >= 11 is 5.82. The first-order chi connectivity index (χ1) is 14.3. The maximum absolute atomic E-state index is 13.4. The van der Waals surface area contributed by atoms with E-state index in [1.807, 2.05) is 0 Å². The number of amides is 2. The van der Waals surface area contributed by atoms with Crippen molar-refractivity contribution < 1.29 is 18.7 Å². The van der Waals surface area contributed by atoms with Gasteiger partial charge < -0.3 is 19.9 Å². The molecule has 3 aliphatic rings. The van der Waals surface area contributed by atoms with Crippen molar-refractivity contribution in [1.29, 1.82) is 0 Å². The van der Waals surface area contributed by atoms with E-state index in [4.69, 9.17) is 16.3 Å². The topological polar surface area (TPSA) is 85.2 Å². The maximum Gasteiger partial charge on any atom is 0.407 e. The van der Waals surface area contributed by atoms with E-state index in [0.717, 1.165) is 31.4 Å². The van der Waals surface area contributed by atoms with Gasteiger partial charge in [-0.05, 0) is 55.7 Å². The molecule has 7 nitrogen and oxygen atoms in total. The summed E-state index contributed by atoms with van der Waals surface area (Å²) in [6, 6.07) is 4.09. The summed E-state index contributed by atoms with van der Waals surface area (Å²) in [6.45, 7) is 0.584. The summed E-state index contributed by atoms with van der Waals surface area (Å²) in [5.74, 6) is 0.263. The molecule has 9 heteroatoms. The second kappa shape index (κ2) is 6.97. The summed E-state index contributed by atoms with van der Waals surface area (Å²) in [5.41, 5.74) is 1.36. The Labute approximate surface area is 177 Å². The number of ether oxygens (including phenoxy) is 1. The van der Waals surface area contributed by atoms with Crippen molar-refractivity contribution in [2.45, 2.75) is 37.2 Å². The van der Waals surface area contributed by atoms with Crippen LogP contribution in [0.5, 0.6) is 0 Å². The number of aromatic nitrogens is 2. The average molecular weight is 433 g/mol. The maximum atomic E-state index is 13.4. The van der Waals surface area contributed by atoms with Gasteiger partial charge in [-0.1, -0.05) is 11.6 Å². The van der Waals surface area contributed by atoms with Crippen LogP contribution in [0.15, 0.2) is 24.5 Å². The number of carbonyl (C=O) groups is 2. The fourth-order valence-corrected chi connectivity index (χ4v) is 5.67. The second-order valence-electron chi connectivity index (χ2n) is 8.70. The number of alkyl carbamates (subject to hydrolysis) is 1. The van der Waals surface area contributed by atoms with Gasteiger partial charge in [-0.15, -0.1) is 0 Å². The van der Waals surface area contributed by atoms with Crippen molar-refractivity contribution in [3.05, 3.63) is 46.8 Å². The van der Waals surface area contributed by atoms with Gasteiger partial charge in [-0.25, -0.2) is 14.2 Å². The highest BCUT2D eigenvalue weighted by Gasteiger charge is 2.54. The molecule has 1 aliphatic heterocycles. The number of rotatable bonds is 3. The van der Waals surface area contributed by atoms with Crippen LogP contribution >= 0.6 is 11.6 Å². The van der Waals surface area contributed by atoms with Gasteiger partial charge in [0, 0.05) is 18.7 Å². The number of aryl methyl sites for hydroxylation is 1. The van der Waals surface area contributed by atoms with E-state index in [2.05, 4.69) is 15.6 Å². The van der Waals surface area contributed by atoms with E-state index < -0.39 is 5.82 Å². The highest BCUT2D eigenvalue weighted by molar-refractivity contribution is 6.31. The van der Waals surface area contributed by atoms with Crippen LogP contribution in [0.4, 0.5) is 14.9 Å². The quantitative estimate of drug-likeness (QED) is 0.771. The molecule has 30 heavy (non-hydrogen) atoms. The fourth-order valence-electron chi connectivity index (χ4n) is 5.49. The predicted molar refractivity (Wildman–Crippen MR) is 108 cm³/mol. The van der Waals surface area contributed by atoms with Crippen LogP contribution in [0, 0.1) is 17.7 Å². The number of imidazole rings is 1. The Morgan fingerprint density at radius 2 is 2.10 bits per heavy atom. The van der Waals surface area contributed by atoms with Gasteiger partial charge in [-0.2, -0.15) is 0 Å². The van der Waals surface area contributed by atoms with Crippen molar-refractivity contribution in [2.24, 2.45) is 18.9 Å². The van der Waals surface area contributed by atoms with Crippen LogP contribution in [0.2, 0.25) is 5.02 Å². The lowest BCUT2D eigenvalue weighted by Gasteiger charge is -2.22. The van der Waals surface area contributed by atoms with E-state index in [9.17, 15) is 14.0 Å². The van der Waals surface area contributed by atoms with Gasteiger partial charge in [0.1, 0.15) is 17.1 Å². The third kappa shape index (κ3) is 3.23. The third-order valence-electron chi connectivity index (χ3n) is 6.72. The number of halogens is 2. The van der Waals surface area contributed by atoms with E-state index in [0.29, 0.717) is 29.8 Å². The number of nitrogens with one attached hydrogen (secondary N) is 2. The van der Waals surface area contributed by atoms with Gasteiger partial charge >= 0.3 is 6.09 Å². The number of hydrogen-bond donors (Lipinski definition) is 2. The molecule has 2 saturated carbocycles. The molecule has 2 N–H and O–H groups in total. The number of benzene rings is 1. The number of carbonyl (C=O) groups excluding carboxylic acids is 2. The molecule has 1 saturated heterocycles. The summed E-state index contributed by atoms with van der Waals surface area (Å²) in [7, 11) is 1.79. The highest BCUT2D eigenvalue weighted by atomic mass is 35.5. The molecule has 2 heterocycles. The smallest absolute Gasteiger partial charge is 0.407 e. The Hall–Kier alpha value is -2.61. The third-order valence-corrected chi connectivity index (χ3v) is 7.01. The van der Waals surface area contributed by atoms with Crippen LogP contribution in [0.3, 0.4) is 0 Å². The monoisotopic (exact) mass is 432 g/mol. The van der Waals surface area contributed by atoms with Crippen molar-refractivity contribution in [2.75, 3.05) is 11.9 Å². The van der Waals surface area contributed by atoms with Gasteiger partial charge in [0.25, 0.3) is 5.91 Å². The molecule has 2 amide bonds. The zero-order chi connectivity index (χ0) is 21.0. The normalized spacial score (nSPS) is 29.7. The summed E-state index contributed by atoms with van der Waals surface area (Å²) in [6.07, 6.45) is 4.88. The summed E-state index contributed by atoms with van der Waals surface area (Å²) < 4.78 is 20.7. The molecule has 1 spiro atoms. The molecule has 2 aromatic rings. The number of nitrogens with zero attached hydrogens (tertiary/aromatic N) is 2. The molecule has 158 valence electrons. The van der Waals surface area contributed by atoms with E-state index >= 15 is 0 Å². The average Bonchev–Trinajstić information content (AvgIpc) is 3.42. The van der Waals surface area contributed by atoms with E-state index in [1.165, 1.54) is 18.2 Å². The fraction of sp³-hybridized carbons (Fsp3) is 0.476. The molecule has 0 bridgehead atoms. The lowest BCUT2D eigenvalue weighted by atomic mass is 9.92. The molecular weight excluding hydrogens is 411 g/mol. The van der Waals surface area contributed by atoms with Gasteiger partial charge in [0.05, 0.1) is 23.6 Å². The van der Waals surface area contributed by atoms with Gasteiger partial charge in [-0.3, -0.25) is 4.79 Å². The minimum absolute atomic E-state index is 0.0438. The van der Waals surface area contributed by atoms with Crippen LogP contribution in [-0.2, 0) is 11.8 Å². The second-order valence-corrected chi connectivity index (χ2v) is 9.10. The molecule has 1 aromatic heterocycles. The Morgan fingerprint density at radius 3 is 2.73 bits per heavy atom. The minimum atomic E-state index is -0.533. The molecule has 2 aliphatic carbocycles. The molecule has 2 atom stereocenters. The number of fused-ring (bicyclic) bond motifs is 1. The summed E-state index contributed by atoms with van der Waals surface area (Å²) in [5, 5.41) is 5.53. The SMILES string of the molecule is Cn1cnc(C2CC3CC4(CNC(=O)O4)CC3C2)c1C(=O)Nc1ccc(F)c(Cl)c1. The Morgan fingerprint density at radius 1 is 1.37 bits per heavy atom. The first-order valence-electron chi connectivity index (χ1n) is 10.1. The van der Waals surface area contributed by atoms with Crippen molar-refractivity contribution in [3.8, 4) is 0 Å². The Balaban J connectivity index is 1.32. The molecule has 5 rings (SSSR count). The zero-order valence-corrected chi connectivity index (χ0v) is 17.2. The van der Waals surface area contributed by atoms with Crippen LogP contribution in [0.25, 0.3) is 0 Å². The van der Waals surface area contributed by atoms with Gasteiger partial charge in [0.2, 0.25) is 0 Å². The first-order valence-corrected chi connectivity index (χ1v) is 10.5. The van der Waals surface area contributed by atoms with E-state index in [1.54, 1.807) is 17.9 Å². The molecule has 1 aromatic carbocycles. The molecule has 0 radical (unpaired) electrons. The highest BCUT2D eigenvalue weighted by Crippen LogP contribution is 2.55. The minimum Gasteiger partial charge on any atom is -0.441 e. The Kier molecular flexibility index (Phi) is 4.50. The molecule has 3 fully saturated rings. The number of anilines is 1. The number of hydrogen-bond acceptors (Lipinski definition) is 4. The van der Waals surface area contributed by atoms with E-state index in [-0.39, 0.29) is 28.5 Å². The van der Waals surface area contributed by atoms with Crippen molar-refractivity contribution in [1.82, 2.24) is 14.9 Å². The lowest BCUT2D eigenvalue weighted by Crippen LogP contribution is -2.30. The largest absolute Gasteiger partial charge is 0.441 e. The summed E-state index contributed by atoms with van der Waals surface area (Å²) in [4.78, 5) is 29.0. The van der Waals surface area contributed by atoms with Crippen LogP contribution in [0.1, 0.15) is 47.8 Å². The standard InChI is InChI=1S/C21H22ClFN4O3/c1-27-10-25-17(18(27)19(28)26-14-2-3-16(23)15(22)6-14)11-4-12-7-21(8-13(12)5-11)9-24-20(29)30-21/h2-3,6,10-13H,4-5,7-9H2,1H3,(H,24,29)(H,26,28). The van der Waals surface area contributed by atoms with Crippen LogP contribution in [-0.4, -0.2) is 33.7 Å². The van der Waals surface area contributed by atoms with Gasteiger partial charge in [0.15, 0.2) is 0 Å². The first kappa shape index (κ1) is 19.4. The molecule has 2 unspecified atom stereocenters. The van der Waals surface area contributed by atoms with Crippen molar-refractivity contribution >= 4 is 29.3 Å². The zero-order valence-electron chi connectivity index (χ0n) is 16.5. The predicted octanol–water partition coefficient (Wildman–Crippen LogP) is 3.85. The lowest BCUT2D eigenvalue weighted by molar-refractivity contribution is 0.0551. The Bertz CT molecular complexity index is 1030. The van der Waals surface area contributed by atoms with Crippen molar-refractivity contribution in [3.63, 3.8) is 0 Å². The van der Waals surface area contributed by atoms with Crippen LogP contribution < -0.4 is 10.6 Å².